The highest BCUT2D eigenvalue weighted by molar-refractivity contribution is 5.98. The minimum Gasteiger partial charge on any atom is -0.462 e. The van der Waals surface area contributed by atoms with Gasteiger partial charge in [-0.1, -0.05) is 86.6 Å². The van der Waals surface area contributed by atoms with Crippen LogP contribution in [0.4, 0.5) is 0 Å². The fourth-order valence-corrected chi connectivity index (χ4v) is 7.65. The molecular weight excluding hydrogens is 841 g/mol. The van der Waals surface area contributed by atoms with Crippen LogP contribution in [0.25, 0.3) is 6.08 Å². The summed E-state index contributed by atoms with van der Waals surface area (Å²) in [6.45, 7) is 9.56. The van der Waals surface area contributed by atoms with Gasteiger partial charge in [0, 0.05) is 41.0 Å². The summed E-state index contributed by atoms with van der Waals surface area (Å²) in [5, 5.41) is 25.9. The number of cyclic esters (lactones) is 1. The first-order valence-electron chi connectivity index (χ1n) is 21.4. The van der Waals surface area contributed by atoms with Gasteiger partial charge in [-0.2, -0.15) is 0 Å². The molecule has 4 N–H and O–H groups in total. The van der Waals surface area contributed by atoms with Gasteiger partial charge < -0.3 is 49.3 Å². The average Bonchev–Trinajstić information content (AvgIpc) is 3.79. The second-order valence-corrected chi connectivity index (χ2v) is 17.9. The second kappa shape index (κ2) is 20.3. The van der Waals surface area contributed by atoms with Crippen molar-refractivity contribution < 1.29 is 67.4 Å². The van der Waals surface area contributed by atoms with E-state index in [-0.39, 0.29) is 37.0 Å². The van der Waals surface area contributed by atoms with Crippen LogP contribution in [-0.4, -0.2) is 107 Å². The molecule has 7 unspecified atom stereocenters. The lowest BCUT2D eigenvalue weighted by Crippen LogP contribution is -2.55. The molecule has 7 atom stereocenters. The maximum absolute atomic E-state index is 14.2. The maximum atomic E-state index is 14.2. The molecule has 2 saturated heterocycles. The molecule has 16 heteroatoms. The van der Waals surface area contributed by atoms with E-state index in [1.165, 1.54) is 25.1 Å². The molecule has 65 heavy (non-hydrogen) atoms. The third-order valence-corrected chi connectivity index (χ3v) is 11.0. The van der Waals surface area contributed by atoms with Crippen molar-refractivity contribution >= 4 is 41.8 Å². The first-order chi connectivity index (χ1) is 30.8. The summed E-state index contributed by atoms with van der Waals surface area (Å²) >= 11 is 0. The highest BCUT2D eigenvalue weighted by atomic mass is 16.8. The summed E-state index contributed by atoms with van der Waals surface area (Å²) in [5.41, 5.74) is 0.449. The normalized spacial score (nSPS) is 22.3. The fraction of sp³-hybridized carbons (Fsp3) is 0.429. The van der Waals surface area contributed by atoms with E-state index in [0.29, 0.717) is 16.7 Å². The van der Waals surface area contributed by atoms with Gasteiger partial charge in [0.1, 0.15) is 36.6 Å². The van der Waals surface area contributed by atoms with Crippen LogP contribution in [0, 0.1) is 5.41 Å². The van der Waals surface area contributed by atoms with Gasteiger partial charge in [-0.05, 0) is 64.0 Å². The predicted molar refractivity (Wildman–Crippen MR) is 233 cm³/mol. The minimum atomic E-state index is -1.50. The van der Waals surface area contributed by atoms with Gasteiger partial charge in [0.05, 0.1) is 24.3 Å². The lowest BCUT2D eigenvalue weighted by atomic mass is 9.90. The van der Waals surface area contributed by atoms with E-state index in [2.05, 4.69) is 10.6 Å². The fourth-order valence-electron chi connectivity index (χ4n) is 7.65. The van der Waals surface area contributed by atoms with Crippen LogP contribution in [0.15, 0.2) is 103 Å². The maximum Gasteiger partial charge on any atom is 0.348 e. The van der Waals surface area contributed by atoms with Crippen LogP contribution < -0.4 is 10.6 Å². The molecule has 2 fully saturated rings. The van der Waals surface area contributed by atoms with Crippen LogP contribution in [0.1, 0.15) is 87.9 Å². The first kappa shape index (κ1) is 48.3. The molecule has 2 aliphatic heterocycles. The summed E-state index contributed by atoms with van der Waals surface area (Å²) in [6.07, 6.45) is -1.70. The van der Waals surface area contributed by atoms with E-state index in [1.54, 1.807) is 52.8 Å². The van der Waals surface area contributed by atoms with Gasteiger partial charge in [0.25, 0.3) is 0 Å². The molecule has 3 aromatic carbocycles. The summed E-state index contributed by atoms with van der Waals surface area (Å²) in [7, 11) is 0. The third-order valence-electron chi connectivity index (χ3n) is 11.0. The molecule has 0 bridgehead atoms. The van der Waals surface area contributed by atoms with E-state index in [1.807, 2.05) is 60.7 Å². The van der Waals surface area contributed by atoms with Crippen molar-refractivity contribution in [3.8, 4) is 0 Å². The van der Waals surface area contributed by atoms with E-state index in [4.69, 9.17) is 28.4 Å². The summed E-state index contributed by atoms with van der Waals surface area (Å²) in [6, 6.07) is 22.2. The number of amides is 2. The molecular formula is C49H56N2O14. The molecule has 2 heterocycles. The van der Waals surface area contributed by atoms with Gasteiger partial charge in [0.15, 0.2) is 0 Å². The van der Waals surface area contributed by atoms with Crippen molar-refractivity contribution in [1.29, 1.82) is 0 Å². The van der Waals surface area contributed by atoms with Crippen LogP contribution in [0.2, 0.25) is 0 Å². The van der Waals surface area contributed by atoms with Gasteiger partial charge in [-0.3, -0.25) is 14.4 Å². The Morgan fingerprint density at radius 1 is 0.908 bits per heavy atom. The number of aliphatic hydroxyl groups is 2. The van der Waals surface area contributed by atoms with Crippen molar-refractivity contribution in [1.82, 2.24) is 10.6 Å². The number of hydrogen-bond donors (Lipinski definition) is 4. The lowest BCUT2D eigenvalue weighted by Gasteiger charge is -2.32. The van der Waals surface area contributed by atoms with Gasteiger partial charge >= 0.3 is 23.9 Å². The molecule has 3 aliphatic rings. The van der Waals surface area contributed by atoms with E-state index in [0.717, 1.165) is 6.08 Å². The molecule has 0 aromatic heterocycles. The number of rotatable bonds is 16. The third kappa shape index (κ3) is 11.9. The smallest absolute Gasteiger partial charge is 0.348 e. The Balaban J connectivity index is 1.23. The molecule has 346 valence electrons. The van der Waals surface area contributed by atoms with Crippen molar-refractivity contribution in [2.45, 2.75) is 115 Å². The molecule has 0 saturated carbocycles. The Bertz CT molecular complexity index is 2240. The van der Waals surface area contributed by atoms with E-state index in [9.17, 15) is 39.0 Å². The van der Waals surface area contributed by atoms with E-state index >= 15 is 0 Å². The van der Waals surface area contributed by atoms with Gasteiger partial charge in [-0.25, -0.2) is 14.4 Å². The second-order valence-electron chi connectivity index (χ2n) is 17.9. The largest absolute Gasteiger partial charge is 0.462 e. The monoisotopic (exact) mass is 896 g/mol. The average molecular weight is 897 g/mol. The zero-order chi connectivity index (χ0) is 47.1. The van der Waals surface area contributed by atoms with Crippen LogP contribution in [-0.2, 0) is 58.2 Å². The molecule has 6 rings (SSSR count). The number of ether oxygens (including phenoxy) is 6. The Labute approximate surface area is 377 Å². The number of carbonyl (C=O) groups is 6. The number of carbonyl (C=O) groups excluding carboxylic acids is 6. The number of esters is 4. The zero-order valence-corrected chi connectivity index (χ0v) is 37.2. The SMILES string of the molecule is CC(O)C(NC(=O)C1=CC2OC(c3ccccc3)(c3ccccc3)OC2C(OC(=O)c2cccc(C=CC(=O)OC3C(=O)OCC3(C)C)c2)C1)C(=O)NC(CO)CCC(=O)OC(C)(C)C. The number of aliphatic hydroxyl groups excluding tert-OH is 2. The van der Waals surface area contributed by atoms with Crippen molar-refractivity contribution in [2.75, 3.05) is 13.2 Å². The number of nitrogens with one attached hydrogen (secondary N) is 2. The van der Waals surface area contributed by atoms with Crippen molar-refractivity contribution in [2.24, 2.45) is 5.41 Å². The molecule has 16 nitrogen and oxygen atoms in total. The van der Waals surface area contributed by atoms with Crippen molar-refractivity contribution in [3.05, 3.63) is 125 Å². The summed E-state index contributed by atoms with van der Waals surface area (Å²) in [4.78, 5) is 78.9. The summed E-state index contributed by atoms with van der Waals surface area (Å²) < 4.78 is 35.5. The number of hydrogen-bond acceptors (Lipinski definition) is 14. The number of benzene rings is 3. The Morgan fingerprint density at radius 3 is 2.15 bits per heavy atom. The quantitative estimate of drug-likeness (QED) is 0.0900. The standard InChI is InChI=1S/C49H56N2O14/c1-29(53)40(44(57)50-35(27-52)21-23-39(55)64-47(2,3)4)51-43(56)32-25-36(41-37(26-32)63-49(65-41,33-16-9-7-10-17-33)34-18-11-8-12-19-34)61-45(58)31-15-13-14-30(24-31)20-22-38(54)62-42-46(59)60-28-48(42,5)6/h7-20,22,24,26,29,35-37,40-42,52-53H,21,23,25,27-28H2,1-6H3,(H,50,57)(H,51,56). The molecule has 0 radical (unpaired) electrons. The van der Waals surface area contributed by atoms with Crippen LogP contribution in [0.5, 0.6) is 0 Å². The molecule has 0 spiro atoms. The molecule has 1 aliphatic carbocycles. The minimum absolute atomic E-state index is 0.0312. The Hall–Kier alpha value is -6.20. The summed E-state index contributed by atoms with van der Waals surface area (Å²) in [5.74, 6) is -5.80. The number of fused-ring (bicyclic) bond motifs is 1. The van der Waals surface area contributed by atoms with E-state index < -0.39 is 102 Å². The Morgan fingerprint density at radius 2 is 1.57 bits per heavy atom. The lowest BCUT2D eigenvalue weighted by molar-refractivity contribution is -0.159. The molecule has 3 aromatic rings. The topological polar surface area (TPSA) is 222 Å². The van der Waals surface area contributed by atoms with Gasteiger partial charge in [-0.15, -0.1) is 0 Å². The highest BCUT2D eigenvalue weighted by Gasteiger charge is 2.55. The first-order valence-corrected chi connectivity index (χ1v) is 21.4. The van der Waals surface area contributed by atoms with Crippen LogP contribution >= 0.6 is 0 Å². The highest BCUT2D eigenvalue weighted by Crippen LogP contribution is 2.47. The zero-order valence-electron chi connectivity index (χ0n) is 37.2. The van der Waals surface area contributed by atoms with Crippen LogP contribution in [0.3, 0.4) is 0 Å². The Kier molecular flexibility index (Phi) is 15.1. The van der Waals surface area contributed by atoms with Crippen molar-refractivity contribution in [3.63, 3.8) is 0 Å². The van der Waals surface area contributed by atoms with Gasteiger partial charge in [0.2, 0.25) is 23.7 Å². The predicted octanol–water partition coefficient (Wildman–Crippen LogP) is 4.20. The molecule has 2 amide bonds.